The van der Waals surface area contributed by atoms with Crippen molar-refractivity contribution in [1.29, 1.82) is 0 Å². The van der Waals surface area contributed by atoms with Crippen LogP contribution in [-0.2, 0) is 9.84 Å². The molecule has 2 rings (SSSR count). The fourth-order valence-electron chi connectivity index (χ4n) is 2.80. The summed E-state index contributed by atoms with van der Waals surface area (Å²) in [6.07, 6.45) is 1.40. The Bertz CT molecular complexity index is 865. The van der Waals surface area contributed by atoms with Crippen LogP contribution >= 0.6 is 0 Å². The molecule has 0 aliphatic carbocycles. The van der Waals surface area contributed by atoms with Gasteiger partial charge in [0.25, 0.3) is 0 Å². The normalized spacial score (nSPS) is 11.8. The van der Waals surface area contributed by atoms with Gasteiger partial charge >= 0.3 is 6.03 Å². The van der Waals surface area contributed by atoms with Crippen molar-refractivity contribution in [3.8, 4) is 0 Å². The number of aromatic nitrogens is 2. The van der Waals surface area contributed by atoms with E-state index in [0.29, 0.717) is 18.7 Å². The zero-order valence-electron chi connectivity index (χ0n) is 15.4. The SMILES string of the molecule is CCN(CC)C(=O)n1ccc(S(=O)(=O)c2c(C)cccc2C(C)C)n1. The Hall–Kier alpha value is -2.15. The van der Waals surface area contributed by atoms with Gasteiger partial charge in [-0.05, 0) is 43.9 Å². The minimum Gasteiger partial charge on any atom is -0.323 e. The first kappa shape index (κ1) is 19.2. The number of sulfone groups is 1. The molecule has 0 aliphatic rings. The Morgan fingerprint density at radius 2 is 1.84 bits per heavy atom. The van der Waals surface area contributed by atoms with E-state index < -0.39 is 9.84 Å². The third kappa shape index (κ3) is 3.61. The number of aryl methyl sites for hydroxylation is 1. The van der Waals surface area contributed by atoms with Gasteiger partial charge in [-0.15, -0.1) is 0 Å². The van der Waals surface area contributed by atoms with Crippen LogP contribution in [0.4, 0.5) is 4.79 Å². The summed E-state index contributed by atoms with van der Waals surface area (Å²) in [4.78, 5) is 14.2. The van der Waals surface area contributed by atoms with Crippen LogP contribution < -0.4 is 0 Å². The van der Waals surface area contributed by atoms with Crippen molar-refractivity contribution >= 4 is 15.9 Å². The van der Waals surface area contributed by atoms with Gasteiger partial charge in [0, 0.05) is 19.3 Å². The van der Waals surface area contributed by atoms with Crippen LogP contribution in [0.1, 0.15) is 44.7 Å². The first-order valence-corrected chi connectivity index (χ1v) is 9.91. The summed E-state index contributed by atoms with van der Waals surface area (Å²) in [6.45, 7) is 10.5. The molecule has 0 atom stereocenters. The van der Waals surface area contributed by atoms with Gasteiger partial charge in [0.1, 0.15) is 0 Å². The predicted octanol–water partition coefficient (Wildman–Crippen LogP) is 3.46. The Kier molecular flexibility index (Phi) is 5.67. The molecule has 7 heteroatoms. The van der Waals surface area contributed by atoms with E-state index in [1.807, 2.05) is 39.8 Å². The molecular formula is C18H25N3O3S. The second-order valence-corrected chi connectivity index (χ2v) is 8.04. The van der Waals surface area contributed by atoms with E-state index in [0.717, 1.165) is 10.2 Å². The molecule has 0 fully saturated rings. The van der Waals surface area contributed by atoms with Crippen molar-refractivity contribution in [1.82, 2.24) is 14.7 Å². The van der Waals surface area contributed by atoms with Gasteiger partial charge in [-0.1, -0.05) is 32.0 Å². The van der Waals surface area contributed by atoms with Crippen LogP contribution in [0.25, 0.3) is 0 Å². The summed E-state index contributed by atoms with van der Waals surface area (Å²) in [6, 6.07) is 6.50. The van der Waals surface area contributed by atoms with Gasteiger partial charge in [-0.3, -0.25) is 0 Å². The number of carbonyl (C=O) groups is 1. The maximum atomic E-state index is 13.1. The Morgan fingerprint density at radius 3 is 2.40 bits per heavy atom. The lowest BCUT2D eigenvalue weighted by molar-refractivity contribution is 0.201. The second kappa shape index (κ2) is 7.39. The molecule has 0 spiro atoms. The minimum atomic E-state index is -3.80. The smallest absolute Gasteiger partial charge is 0.323 e. The maximum absolute atomic E-state index is 13.1. The van der Waals surface area contributed by atoms with Gasteiger partial charge in [-0.2, -0.15) is 9.78 Å². The number of benzene rings is 1. The second-order valence-electron chi connectivity index (χ2n) is 6.20. The molecule has 0 bridgehead atoms. The largest absolute Gasteiger partial charge is 0.344 e. The van der Waals surface area contributed by atoms with E-state index in [4.69, 9.17) is 0 Å². The Balaban J connectivity index is 2.52. The molecule has 0 saturated carbocycles. The predicted molar refractivity (Wildman–Crippen MR) is 96.7 cm³/mol. The van der Waals surface area contributed by atoms with Crippen molar-refractivity contribution in [2.75, 3.05) is 13.1 Å². The van der Waals surface area contributed by atoms with Gasteiger partial charge in [0.05, 0.1) is 4.90 Å². The summed E-state index contributed by atoms with van der Waals surface area (Å²) in [5, 5.41) is 3.95. The minimum absolute atomic E-state index is 0.0593. The fourth-order valence-corrected chi connectivity index (χ4v) is 4.55. The summed E-state index contributed by atoms with van der Waals surface area (Å²) in [5.74, 6) is 0.0593. The van der Waals surface area contributed by atoms with Crippen LogP contribution in [0, 0.1) is 6.92 Å². The molecule has 0 N–H and O–H groups in total. The number of hydrogen-bond donors (Lipinski definition) is 0. The monoisotopic (exact) mass is 363 g/mol. The van der Waals surface area contributed by atoms with Crippen molar-refractivity contribution in [3.63, 3.8) is 0 Å². The average Bonchev–Trinajstić information content (AvgIpc) is 3.06. The summed E-state index contributed by atoms with van der Waals surface area (Å²) < 4.78 is 27.3. The van der Waals surface area contributed by atoms with E-state index in [9.17, 15) is 13.2 Å². The van der Waals surface area contributed by atoms with E-state index in [1.165, 1.54) is 12.3 Å². The molecule has 1 aromatic heterocycles. The van der Waals surface area contributed by atoms with E-state index >= 15 is 0 Å². The third-order valence-corrected chi connectivity index (χ3v) is 6.07. The molecule has 0 unspecified atom stereocenters. The van der Waals surface area contributed by atoms with E-state index in [1.54, 1.807) is 17.9 Å². The van der Waals surface area contributed by atoms with Crippen molar-refractivity contribution < 1.29 is 13.2 Å². The lowest BCUT2D eigenvalue weighted by atomic mass is 10.0. The first-order valence-electron chi connectivity index (χ1n) is 8.43. The average molecular weight is 363 g/mol. The molecule has 0 saturated heterocycles. The molecule has 25 heavy (non-hydrogen) atoms. The van der Waals surface area contributed by atoms with Gasteiger partial charge in [-0.25, -0.2) is 13.2 Å². The molecular weight excluding hydrogens is 338 g/mol. The quantitative estimate of drug-likeness (QED) is 0.815. The van der Waals surface area contributed by atoms with E-state index in [2.05, 4.69) is 5.10 Å². The molecule has 1 aromatic carbocycles. The molecule has 0 aliphatic heterocycles. The Labute approximate surface area is 149 Å². The lowest BCUT2D eigenvalue weighted by Gasteiger charge is -2.17. The maximum Gasteiger partial charge on any atom is 0.344 e. The van der Waals surface area contributed by atoms with Crippen LogP contribution in [0.15, 0.2) is 40.4 Å². The topological polar surface area (TPSA) is 72.3 Å². The van der Waals surface area contributed by atoms with Gasteiger partial charge in [0.2, 0.25) is 9.84 Å². The fraction of sp³-hybridized carbons (Fsp3) is 0.444. The van der Waals surface area contributed by atoms with Gasteiger partial charge in [0.15, 0.2) is 5.03 Å². The van der Waals surface area contributed by atoms with Crippen molar-refractivity contribution in [2.24, 2.45) is 0 Å². The summed E-state index contributed by atoms with van der Waals surface area (Å²) in [7, 11) is -3.80. The highest BCUT2D eigenvalue weighted by Crippen LogP contribution is 2.30. The number of rotatable bonds is 5. The number of amides is 1. The highest BCUT2D eigenvalue weighted by Gasteiger charge is 2.27. The summed E-state index contributed by atoms with van der Waals surface area (Å²) in [5.41, 5.74) is 1.43. The van der Waals surface area contributed by atoms with Crippen LogP contribution in [0.2, 0.25) is 0 Å². The molecule has 1 heterocycles. The number of hydrogen-bond acceptors (Lipinski definition) is 4. The molecule has 1 amide bonds. The van der Waals surface area contributed by atoms with Gasteiger partial charge < -0.3 is 4.90 Å². The van der Waals surface area contributed by atoms with E-state index in [-0.39, 0.29) is 21.9 Å². The number of nitrogens with zero attached hydrogens (tertiary/aromatic N) is 3. The van der Waals surface area contributed by atoms with Crippen LogP contribution in [0.5, 0.6) is 0 Å². The zero-order valence-corrected chi connectivity index (χ0v) is 16.2. The zero-order chi connectivity index (χ0) is 18.8. The molecule has 0 radical (unpaired) electrons. The lowest BCUT2D eigenvalue weighted by Crippen LogP contribution is -2.34. The first-order chi connectivity index (χ1) is 11.7. The molecule has 136 valence electrons. The van der Waals surface area contributed by atoms with Crippen LogP contribution in [0.3, 0.4) is 0 Å². The standard InChI is InChI=1S/C18H25N3O3S/c1-6-20(7-2)18(22)21-12-11-16(19-21)25(23,24)17-14(5)9-8-10-15(17)13(3)4/h8-13H,6-7H2,1-5H3. The molecule has 6 nitrogen and oxygen atoms in total. The number of carbonyl (C=O) groups excluding carboxylic acids is 1. The highest BCUT2D eigenvalue weighted by atomic mass is 32.2. The third-order valence-electron chi connectivity index (χ3n) is 4.20. The highest BCUT2D eigenvalue weighted by molar-refractivity contribution is 7.91. The van der Waals surface area contributed by atoms with Crippen molar-refractivity contribution in [2.45, 2.75) is 50.5 Å². The molecule has 2 aromatic rings. The summed E-state index contributed by atoms with van der Waals surface area (Å²) >= 11 is 0. The van der Waals surface area contributed by atoms with Crippen molar-refractivity contribution in [3.05, 3.63) is 41.6 Å². The Morgan fingerprint density at radius 1 is 1.20 bits per heavy atom. The van der Waals surface area contributed by atoms with Crippen LogP contribution in [-0.4, -0.2) is 42.2 Å².